The molecule has 0 aliphatic carbocycles. The van der Waals surface area contributed by atoms with Crippen molar-refractivity contribution >= 4 is 11.9 Å². The van der Waals surface area contributed by atoms with Crippen LogP contribution in [0.1, 0.15) is 296 Å². The summed E-state index contributed by atoms with van der Waals surface area (Å²) in [6, 6.07) is -0.560. The molecule has 6 nitrogen and oxygen atoms in total. The molecule has 0 bridgehead atoms. The Morgan fingerprint density at radius 1 is 0.450 bits per heavy atom. The van der Waals surface area contributed by atoms with E-state index in [9.17, 15) is 19.8 Å². The highest BCUT2D eigenvalue weighted by molar-refractivity contribution is 5.76. The zero-order chi connectivity index (χ0) is 43.7. The lowest BCUT2D eigenvalue weighted by molar-refractivity contribution is -0.143. The van der Waals surface area contributed by atoms with Gasteiger partial charge in [0.2, 0.25) is 5.91 Å². The van der Waals surface area contributed by atoms with Crippen LogP contribution in [-0.4, -0.2) is 47.4 Å². The van der Waals surface area contributed by atoms with Gasteiger partial charge in [-0.3, -0.25) is 9.59 Å². The highest BCUT2D eigenvalue weighted by Crippen LogP contribution is 2.17. The maximum Gasteiger partial charge on any atom is 0.305 e. The molecule has 3 N–H and O–H groups in total. The van der Waals surface area contributed by atoms with Gasteiger partial charge in [-0.1, -0.05) is 244 Å². The van der Waals surface area contributed by atoms with Crippen LogP contribution in [0.25, 0.3) is 0 Å². The topological polar surface area (TPSA) is 95.9 Å². The van der Waals surface area contributed by atoms with E-state index in [1.807, 2.05) is 0 Å². The average Bonchev–Trinajstić information content (AvgIpc) is 3.25. The number of hydrogen-bond donors (Lipinski definition) is 3. The first-order valence-electron chi connectivity index (χ1n) is 26.9. The van der Waals surface area contributed by atoms with Crippen molar-refractivity contribution < 1.29 is 24.5 Å². The zero-order valence-electron chi connectivity index (χ0n) is 40.5. The van der Waals surface area contributed by atoms with E-state index < -0.39 is 12.1 Å². The molecule has 0 aromatic rings. The van der Waals surface area contributed by atoms with Crippen LogP contribution >= 0.6 is 0 Å². The second-order valence-electron chi connectivity index (χ2n) is 18.6. The van der Waals surface area contributed by atoms with E-state index in [2.05, 4.69) is 31.3 Å². The third-order valence-corrected chi connectivity index (χ3v) is 12.6. The largest absolute Gasteiger partial charge is 0.466 e. The Bertz CT molecular complexity index is 893. The standard InChI is InChI=1S/C54H105NO5/c1-3-5-7-9-11-13-15-17-18-19-20-21-22-24-28-32-36-40-44-48-54(59)60-49-45-41-37-33-29-25-27-31-35-39-43-47-53(58)55-51(50-56)52(57)46-42-38-34-30-26-23-16-14-12-10-8-6-4-2/h29,33,51-52,56-57H,3-28,30-32,34-50H2,1-2H3,(H,55,58)/b33-29-. The number of aliphatic hydroxyl groups is 2. The van der Waals surface area contributed by atoms with Crippen LogP contribution in [0, 0.1) is 0 Å². The molecule has 0 heterocycles. The molecule has 1 amide bonds. The first-order chi connectivity index (χ1) is 29.5. The van der Waals surface area contributed by atoms with Gasteiger partial charge in [0.15, 0.2) is 0 Å². The maximum absolute atomic E-state index is 12.4. The van der Waals surface area contributed by atoms with Crippen LogP contribution < -0.4 is 5.32 Å². The number of allylic oxidation sites excluding steroid dienone is 2. The molecule has 0 saturated heterocycles. The summed E-state index contributed by atoms with van der Waals surface area (Å²) in [5.74, 6) is -0.0891. The van der Waals surface area contributed by atoms with E-state index in [0.717, 1.165) is 77.0 Å². The molecular weight excluding hydrogens is 743 g/mol. The van der Waals surface area contributed by atoms with Gasteiger partial charge in [-0.05, 0) is 51.4 Å². The second-order valence-corrected chi connectivity index (χ2v) is 18.6. The Kier molecular flexibility index (Phi) is 49.1. The molecule has 6 heteroatoms. The molecular formula is C54H105NO5. The monoisotopic (exact) mass is 848 g/mol. The lowest BCUT2D eigenvalue weighted by atomic mass is 10.0. The average molecular weight is 848 g/mol. The Hall–Kier alpha value is -1.40. The first kappa shape index (κ1) is 58.6. The molecule has 0 aromatic carbocycles. The number of aliphatic hydroxyl groups excluding tert-OH is 2. The van der Waals surface area contributed by atoms with Crippen molar-refractivity contribution in [3.8, 4) is 0 Å². The van der Waals surface area contributed by atoms with Crippen molar-refractivity contribution in [1.82, 2.24) is 5.32 Å². The molecule has 0 rings (SSSR count). The number of ether oxygens (including phenoxy) is 1. The van der Waals surface area contributed by atoms with Crippen LogP contribution in [0.4, 0.5) is 0 Å². The molecule has 0 saturated carbocycles. The van der Waals surface area contributed by atoms with Crippen LogP contribution in [0.2, 0.25) is 0 Å². The Balaban J connectivity index is 3.47. The minimum atomic E-state index is -0.680. The molecule has 0 aliphatic heterocycles. The number of carbonyl (C=O) groups is 2. The minimum absolute atomic E-state index is 0.0262. The lowest BCUT2D eigenvalue weighted by Crippen LogP contribution is -2.45. The summed E-state index contributed by atoms with van der Waals surface area (Å²) in [5.41, 5.74) is 0. The molecule has 2 atom stereocenters. The maximum atomic E-state index is 12.4. The van der Waals surface area contributed by atoms with E-state index in [1.54, 1.807) is 0 Å². The van der Waals surface area contributed by atoms with Crippen molar-refractivity contribution in [1.29, 1.82) is 0 Å². The SMILES string of the molecule is CCCCCCCCCCCCCCCCCCCCCC(=O)OCCCC/C=C\CCCCCCCC(=O)NC(CO)C(O)CCCCCCCCCCCCCCC. The van der Waals surface area contributed by atoms with Crippen molar-refractivity contribution in [2.45, 2.75) is 309 Å². The molecule has 0 spiro atoms. The fourth-order valence-electron chi connectivity index (χ4n) is 8.40. The Labute approximate surface area is 374 Å². The quantitative estimate of drug-likeness (QED) is 0.0322. The van der Waals surface area contributed by atoms with Crippen LogP contribution in [0.3, 0.4) is 0 Å². The first-order valence-corrected chi connectivity index (χ1v) is 26.9. The highest BCUT2D eigenvalue weighted by Gasteiger charge is 2.20. The van der Waals surface area contributed by atoms with Crippen LogP contribution in [0.5, 0.6) is 0 Å². The number of rotatable bonds is 50. The van der Waals surface area contributed by atoms with Crippen LogP contribution in [-0.2, 0) is 14.3 Å². The highest BCUT2D eigenvalue weighted by atomic mass is 16.5. The van der Waals surface area contributed by atoms with Gasteiger partial charge >= 0.3 is 5.97 Å². The predicted molar refractivity (Wildman–Crippen MR) is 260 cm³/mol. The second kappa shape index (κ2) is 50.2. The van der Waals surface area contributed by atoms with Gasteiger partial charge in [0.1, 0.15) is 0 Å². The summed E-state index contributed by atoms with van der Waals surface area (Å²) >= 11 is 0. The number of amides is 1. The minimum Gasteiger partial charge on any atom is -0.466 e. The van der Waals surface area contributed by atoms with E-state index >= 15 is 0 Å². The molecule has 356 valence electrons. The number of carbonyl (C=O) groups excluding carboxylic acids is 2. The Morgan fingerprint density at radius 2 is 0.783 bits per heavy atom. The summed E-state index contributed by atoms with van der Waals surface area (Å²) < 4.78 is 5.45. The van der Waals surface area contributed by atoms with Gasteiger partial charge in [0.05, 0.1) is 25.4 Å². The van der Waals surface area contributed by atoms with Gasteiger partial charge < -0.3 is 20.3 Å². The summed E-state index contributed by atoms with van der Waals surface area (Å²) in [6.45, 7) is 4.89. The predicted octanol–water partition coefficient (Wildman–Crippen LogP) is 16.1. The summed E-state index contributed by atoms with van der Waals surface area (Å²) in [4.78, 5) is 24.5. The van der Waals surface area contributed by atoms with E-state index in [-0.39, 0.29) is 18.5 Å². The summed E-state index contributed by atoms with van der Waals surface area (Å²) in [6.07, 6.45) is 57.6. The van der Waals surface area contributed by atoms with Gasteiger partial charge in [0.25, 0.3) is 0 Å². The molecule has 0 aromatic heterocycles. The normalized spacial score (nSPS) is 12.7. The number of nitrogens with one attached hydrogen (secondary N) is 1. The van der Waals surface area contributed by atoms with Crippen molar-refractivity contribution in [3.05, 3.63) is 12.2 Å². The third kappa shape index (κ3) is 46.1. The number of unbranched alkanes of at least 4 members (excludes halogenated alkanes) is 37. The van der Waals surface area contributed by atoms with E-state index in [1.165, 1.54) is 186 Å². The zero-order valence-corrected chi connectivity index (χ0v) is 40.5. The summed E-state index contributed by atoms with van der Waals surface area (Å²) in [7, 11) is 0. The van der Waals surface area contributed by atoms with Crippen LogP contribution in [0.15, 0.2) is 12.2 Å². The van der Waals surface area contributed by atoms with Crippen molar-refractivity contribution in [2.24, 2.45) is 0 Å². The fourth-order valence-corrected chi connectivity index (χ4v) is 8.40. The molecule has 2 unspecified atom stereocenters. The molecule has 0 fully saturated rings. The van der Waals surface area contributed by atoms with E-state index in [4.69, 9.17) is 4.74 Å². The summed E-state index contributed by atoms with van der Waals surface area (Å²) in [5, 5.41) is 23.2. The van der Waals surface area contributed by atoms with Gasteiger partial charge in [0, 0.05) is 12.8 Å². The molecule has 0 radical (unpaired) electrons. The van der Waals surface area contributed by atoms with Gasteiger partial charge in [-0.25, -0.2) is 0 Å². The smallest absolute Gasteiger partial charge is 0.305 e. The van der Waals surface area contributed by atoms with E-state index in [0.29, 0.717) is 25.9 Å². The third-order valence-electron chi connectivity index (χ3n) is 12.6. The number of esters is 1. The van der Waals surface area contributed by atoms with Gasteiger partial charge in [-0.15, -0.1) is 0 Å². The molecule has 60 heavy (non-hydrogen) atoms. The van der Waals surface area contributed by atoms with Crippen molar-refractivity contribution in [2.75, 3.05) is 13.2 Å². The lowest BCUT2D eigenvalue weighted by Gasteiger charge is -2.22. The van der Waals surface area contributed by atoms with Gasteiger partial charge in [-0.2, -0.15) is 0 Å². The van der Waals surface area contributed by atoms with Crippen molar-refractivity contribution in [3.63, 3.8) is 0 Å². The number of hydrogen-bond acceptors (Lipinski definition) is 5. The molecule has 0 aliphatic rings. The fraction of sp³-hybridized carbons (Fsp3) is 0.926. The Morgan fingerprint density at radius 3 is 1.18 bits per heavy atom.